The maximum absolute atomic E-state index is 5.25. The second-order valence-electron chi connectivity index (χ2n) is 4.70. The van der Waals surface area contributed by atoms with Crippen molar-refractivity contribution in [1.82, 2.24) is 4.98 Å². The van der Waals surface area contributed by atoms with Gasteiger partial charge >= 0.3 is 0 Å². The summed E-state index contributed by atoms with van der Waals surface area (Å²) in [5, 5.41) is 4.65. The zero-order chi connectivity index (χ0) is 13.9. The molecule has 4 nitrogen and oxygen atoms in total. The minimum absolute atomic E-state index is 0.244. The summed E-state index contributed by atoms with van der Waals surface area (Å²) in [6, 6.07) is 8.25. The van der Waals surface area contributed by atoms with E-state index in [0.29, 0.717) is 6.54 Å². The Morgan fingerprint density at radius 3 is 2.85 bits per heavy atom. The van der Waals surface area contributed by atoms with Crippen LogP contribution in [0.25, 0.3) is 10.9 Å². The van der Waals surface area contributed by atoms with E-state index in [1.807, 2.05) is 23.9 Å². The number of ether oxygens (including phenoxy) is 2. The van der Waals surface area contributed by atoms with E-state index < -0.39 is 0 Å². The fraction of sp³-hybridized carbons (Fsp3) is 0.400. The number of benzene rings is 1. The third kappa shape index (κ3) is 2.49. The van der Waals surface area contributed by atoms with Crippen LogP contribution in [0, 0.1) is 0 Å². The molecular weight excluding hydrogens is 272 g/mol. The van der Waals surface area contributed by atoms with Gasteiger partial charge in [-0.05, 0) is 6.07 Å². The van der Waals surface area contributed by atoms with Gasteiger partial charge in [0.1, 0.15) is 0 Å². The Morgan fingerprint density at radius 2 is 2.05 bits per heavy atom. The maximum Gasteiger partial charge on any atom is 0.173 e. The van der Waals surface area contributed by atoms with Crippen LogP contribution in [0.3, 0.4) is 0 Å². The van der Waals surface area contributed by atoms with Crippen molar-refractivity contribution in [2.24, 2.45) is 0 Å². The Morgan fingerprint density at radius 1 is 1.25 bits per heavy atom. The number of anilines is 1. The summed E-state index contributed by atoms with van der Waals surface area (Å²) in [4.78, 5) is 4.76. The molecule has 0 unspecified atom stereocenters. The van der Waals surface area contributed by atoms with Crippen LogP contribution in [0.5, 0.6) is 0 Å². The predicted octanol–water partition coefficient (Wildman–Crippen LogP) is 3.01. The second-order valence-corrected chi connectivity index (χ2v) is 5.69. The summed E-state index contributed by atoms with van der Waals surface area (Å²) >= 11 is 1.91. The average Bonchev–Trinajstić information content (AvgIpc) is 2.95. The lowest BCUT2D eigenvalue weighted by molar-refractivity contribution is -0.0913. The van der Waals surface area contributed by atoms with Gasteiger partial charge in [0, 0.05) is 42.4 Å². The monoisotopic (exact) mass is 290 g/mol. The zero-order valence-corrected chi connectivity index (χ0v) is 12.5. The molecule has 1 aromatic carbocycles. The number of nitrogens with zero attached hydrogens (tertiary/aromatic N) is 1. The molecule has 0 bridgehead atoms. The molecule has 5 heteroatoms. The number of para-hydroxylation sites is 1. The van der Waals surface area contributed by atoms with Crippen molar-refractivity contribution in [2.75, 3.05) is 26.1 Å². The summed E-state index contributed by atoms with van der Waals surface area (Å²) in [6.07, 6.45) is -0.244. The average molecular weight is 290 g/mol. The zero-order valence-electron chi connectivity index (χ0n) is 11.7. The van der Waals surface area contributed by atoms with Crippen LogP contribution in [0.15, 0.2) is 24.3 Å². The lowest BCUT2D eigenvalue weighted by Gasteiger charge is -2.18. The quantitative estimate of drug-likeness (QED) is 0.858. The Bertz CT molecular complexity index is 614. The molecule has 0 atom stereocenters. The molecule has 0 saturated carbocycles. The molecular formula is C15H18N2O2S. The number of hydrogen-bond acceptors (Lipinski definition) is 5. The van der Waals surface area contributed by atoms with Crippen LogP contribution < -0.4 is 5.32 Å². The minimum atomic E-state index is -0.244. The van der Waals surface area contributed by atoms with Crippen molar-refractivity contribution in [1.29, 1.82) is 0 Å². The number of hydrogen-bond donors (Lipinski definition) is 1. The molecule has 0 radical (unpaired) electrons. The largest absolute Gasteiger partial charge is 0.379 e. The van der Waals surface area contributed by atoms with Gasteiger partial charge in [-0.25, -0.2) is 0 Å². The van der Waals surface area contributed by atoms with Gasteiger partial charge in [0.2, 0.25) is 0 Å². The molecule has 0 spiro atoms. The molecule has 1 aliphatic heterocycles. The molecule has 1 aliphatic rings. The first-order valence-electron chi connectivity index (χ1n) is 6.61. The first-order chi connectivity index (χ1) is 9.83. The van der Waals surface area contributed by atoms with E-state index in [1.165, 1.54) is 22.3 Å². The number of fused-ring (bicyclic) bond motifs is 2. The normalized spacial score (nSPS) is 13.9. The van der Waals surface area contributed by atoms with Gasteiger partial charge < -0.3 is 14.8 Å². The Hall–Kier alpha value is -1.30. The molecule has 2 heterocycles. The predicted molar refractivity (Wildman–Crippen MR) is 83.0 cm³/mol. The molecule has 0 amide bonds. The van der Waals surface area contributed by atoms with Gasteiger partial charge in [0.15, 0.2) is 6.29 Å². The van der Waals surface area contributed by atoms with Crippen LogP contribution in [-0.2, 0) is 21.0 Å². The minimum Gasteiger partial charge on any atom is -0.379 e. The van der Waals surface area contributed by atoms with Gasteiger partial charge in [-0.3, -0.25) is 4.98 Å². The standard InChI is InChI=1S/C15H18N2O2S/c1-18-14(19-2)7-16-15-10-5-3-4-6-12(10)17-13-9-20-8-11(13)15/h3-6,14H,7-9H2,1-2H3,(H,16,17). The van der Waals surface area contributed by atoms with E-state index in [9.17, 15) is 0 Å². The number of pyridine rings is 1. The van der Waals surface area contributed by atoms with Crippen molar-refractivity contribution in [3.63, 3.8) is 0 Å². The van der Waals surface area contributed by atoms with E-state index in [-0.39, 0.29) is 6.29 Å². The van der Waals surface area contributed by atoms with Crippen molar-refractivity contribution in [3.8, 4) is 0 Å². The highest BCUT2D eigenvalue weighted by Gasteiger charge is 2.20. The smallest absolute Gasteiger partial charge is 0.173 e. The second kappa shape index (κ2) is 5.99. The number of methoxy groups -OCH3 is 2. The molecule has 0 aliphatic carbocycles. The highest BCUT2D eigenvalue weighted by atomic mass is 32.2. The lowest BCUT2D eigenvalue weighted by atomic mass is 10.1. The van der Waals surface area contributed by atoms with Gasteiger partial charge in [-0.2, -0.15) is 11.8 Å². The van der Waals surface area contributed by atoms with Gasteiger partial charge in [-0.1, -0.05) is 18.2 Å². The highest BCUT2D eigenvalue weighted by Crippen LogP contribution is 2.38. The van der Waals surface area contributed by atoms with E-state index in [1.54, 1.807) is 14.2 Å². The first-order valence-corrected chi connectivity index (χ1v) is 7.76. The third-order valence-corrected chi connectivity index (χ3v) is 4.51. The topological polar surface area (TPSA) is 43.4 Å². The van der Waals surface area contributed by atoms with E-state index in [2.05, 4.69) is 17.4 Å². The molecule has 1 N–H and O–H groups in total. The summed E-state index contributed by atoms with van der Waals surface area (Å²) < 4.78 is 10.5. The van der Waals surface area contributed by atoms with Crippen LogP contribution >= 0.6 is 11.8 Å². The molecule has 0 fully saturated rings. The Kier molecular flexibility index (Phi) is 4.10. The number of nitrogens with one attached hydrogen (secondary N) is 1. The molecule has 2 aromatic rings. The maximum atomic E-state index is 5.25. The van der Waals surface area contributed by atoms with Crippen molar-refractivity contribution in [3.05, 3.63) is 35.5 Å². The van der Waals surface area contributed by atoms with E-state index >= 15 is 0 Å². The SMILES string of the molecule is COC(CNc1c2c(nc3ccccc13)CSC2)OC. The summed E-state index contributed by atoms with van der Waals surface area (Å²) in [5.41, 5.74) is 4.74. The molecule has 3 rings (SSSR count). The van der Waals surface area contributed by atoms with Crippen molar-refractivity contribution < 1.29 is 9.47 Å². The number of aromatic nitrogens is 1. The third-order valence-electron chi connectivity index (χ3n) is 3.54. The number of thioether (sulfide) groups is 1. The van der Waals surface area contributed by atoms with E-state index in [0.717, 1.165) is 17.0 Å². The Balaban J connectivity index is 1.99. The van der Waals surface area contributed by atoms with Crippen LogP contribution in [0.2, 0.25) is 0 Å². The van der Waals surface area contributed by atoms with Crippen molar-refractivity contribution >= 4 is 28.4 Å². The summed E-state index contributed by atoms with van der Waals surface area (Å²) in [6.45, 7) is 0.623. The molecule has 106 valence electrons. The van der Waals surface area contributed by atoms with Gasteiger partial charge in [0.25, 0.3) is 0 Å². The van der Waals surface area contributed by atoms with Gasteiger partial charge in [-0.15, -0.1) is 0 Å². The Labute approximate surface area is 122 Å². The molecule has 20 heavy (non-hydrogen) atoms. The van der Waals surface area contributed by atoms with Gasteiger partial charge in [0.05, 0.1) is 17.8 Å². The summed E-state index contributed by atoms with van der Waals surface area (Å²) in [5.74, 6) is 2.01. The highest BCUT2D eigenvalue weighted by molar-refractivity contribution is 7.98. The van der Waals surface area contributed by atoms with Crippen LogP contribution in [0.1, 0.15) is 11.3 Å². The first kappa shape index (κ1) is 13.7. The fourth-order valence-corrected chi connectivity index (χ4v) is 3.53. The fourth-order valence-electron chi connectivity index (χ4n) is 2.48. The molecule has 1 aromatic heterocycles. The molecule has 0 saturated heterocycles. The lowest BCUT2D eigenvalue weighted by Crippen LogP contribution is -2.24. The van der Waals surface area contributed by atoms with Crippen LogP contribution in [-0.4, -0.2) is 32.0 Å². The number of rotatable bonds is 5. The van der Waals surface area contributed by atoms with Crippen LogP contribution in [0.4, 0.5) is 5.69 Å². The van der Waals surface area contributed by atoms with E-state index in [4.69, 9.17) is 14.5 Å². The van der Waals surface area contributed by atoms with Crippen molar-refractivity contribution in [2.45, 2.75) is 17.8 Å². The summed E-state index contributed by atoms with van der Waals surface area (Å²) in [7, 11) is 3.31.